The van der Waals surface area contributed by atoms with Crippen LogP contribution in [0.15, 0.2) is 30.3 Å². The molecule has 0 saturated carbocycles. The minimum atomic E-state index is 0.152. The Morgan fingerprint density at radius 1 is 1.19 bits per heavy atom. The van der Waals surface area contributed by atoms with Crippen molar-refractivity contribution in [1.29, 1.82) is 0 Å². The Bertz CT molecular complexity index is 512. The average Bonchev–Trinajstić information content (AvgIpc) is 2.68. The van der Waals surface area contributed by atoms with E-state index in [-0.39, 0.29) is 4.83 Å². The van der Waals surface area contributed by atoms with E-state index in [0.717, 1.165) is 18.5 Å². The van der Waals surface area contributed by atoms with E-state index < -0.39 is 0 Å². The lowest BCUT2D eigenvalue weighted by molar-refractivity contribution is 1.22. The SMILES string of the molecule is Clc1ccc(C(Br)c2ccc(I)c(Cl)c2)s1. The molecule has 5 heteroatoms. The fourth-order valence-corrected chi connectivity index (χ4v) is 3.61. The molecule has 0 bridgehead atoms. The molecule has 0 aliphatic carbocycles. The number of benzene rings is 1. The number of alkyl halides is 1. The third-order valence-electron chi connectivity index (χ3n) is 2.08. The molecule has 1 unspecified atom stereocenters. The van der Waals surface area contributed by atoms with Crippen molar-refractivity contribution >= 4 is 73.1 Å². The van der Waals surface area contributed by atoms with Crippen LogP contribution in [0.1, 0.15) is 15.3 Å². The van der Waals surface area contributed by atoms with Crippen molar-refractivity contribution in [3.8, 4) is 0 Å². The Balaban J connectivity index is 2.33. The Hall–Kier alpha value is 0.710. The van der Waals surface area contributed by atoms with Gasteiger partial charge in [-0.15, -0.1) is 11.3 Å². The van der Waals surface area contributed by atoms with E-state index in [9.17, 15) is 0 Å². The van der Waals surface area contributed by atoms with Gasteiger partial charge in [0, 0.05) is 8.45 Å². The summed E-state index contributed by atoms with van der Waals surface area (Å²) in [5.74, 6) is 0. The summed E-state index contributed by atoms with van der Waals surface area (Å²) in [6.45, 7) is 0. The largest absolute Gasteiger partial charge is 0.127 e. The van der Waals surface area contributed by atoms with Crippen LogP contribution >= 0.6 is 73.1 Å². The van der Waals surface area contributed by atoms with E-state index in [0.29, 0.717) is 0 Å². The molecule has 2 aromatic rings. The molecule has 0 N–H and O–H groups in total. The molecule has 0 amide bonds. The molecule has 84 valence electrons. The van der Waals surface area contributed by atoms with Crippen LogP contribution < -0.4 is 0 Å². The number of halogens is 4. The summed E-state index contributed by atoms with van der Waals surface area (Å²) in [4.78, 5) is 1.33. The lowest BCUT2D eigenvalue weighted by Gasteiger charge is -2.09. The van der Waals surface area contributed by atoms with Gasteiger partial charge in [0.25, 0.3) is 0 Å². The number of rotatable bonds is 2. The van der Waals surface area contributed by atoms with Gasteiger partial charge >= 0.3 is 0 Å². The molecule has 16 heavy (non-hydrogen) atoms. The van der Waals surface area contributed by atoms with Gasteiger partial charge in [0.1, 0.15) is 0 Å². The van der Waals surface area contributed by atoms with E-state index in [4.69, 9.17) is 23.2 Å². The minimum Gasteiger partial charge on any atom is -0.127 e. The zero-order valence-electron chi connectivity index (χ0n) is 7.88. The van der Waals surface area contributed by atoms with Crippen LogP contribution in [0.2, 0.25) is 9.36 Å². The van der Waals surface area contributed by atoms with Crippen molar-refractivity contribution in [2.24, 2.45) is 0 Å². The summed E-state index contributed by atoms with van der Waals surface area (Å²) in [5.41, 5.74) is 1.14. The number of hydrogen-bond donors (Lipinski definition) is 0. The van der Waals surface area contributed by atoms with Gasteiger partial charge < -0.3 is 0 Å². The summed E-state index contributed by atoms with van der Waals surface area (Å²) in [7, 11) is 0. The van der Waals surface area contributed by atoms with Gasteiger partial charge in [-0.2, -0.15) is 0 Å². The zero-order chi connectivity index (χ0) is 11.7. The van der Waals surface area contributed by atoms with Crippen LogP contribution in [-0.2, 0) is 0 Å². The van der Waals surface area contributed by atoms with Crippen LogP contribution in [-0.4, -0.2) is 0 Å². The molecule has 1 atom stereocenters. The normalized spacial score (nSPS) is 12.8. The molecule has 0 fully saturated rings. The molecule has 1 aromatic carbocycles. The zero-order valence-corrected chi connectivity index (χ0v) is 14.0. The van der Waals surface area contributed by atoms with Crippen molar-refractivity contribution in [3.05, 3.63) is 53.7 Å². The number of hydrogen-bond acceptors (Lipinski definition) is 1. The van der Waals surface area contributed by atoms with E-state index in [1.807, 2.05) is 24.3 Å². The molecule has 0 aliphatic heterocycles. The standard InChI is InChI=1S/C11H6BrCl2IS/c12-11(9-3-4-10(14)16-9)6-1-2-8(15)7(13)5-6/h1-5,11H. The third-order valence-corrected chi connectivity index (χ3v) is 6.27. The second kappa shape index (κ2) is 5.57. The summed E-state index contributed by atoms with van der Waals surface area (Å²) < 4.78 is 1.86. The molecule has 0 nitrogen and oxygen atoms in total. The first-order valence-corrected chi connectivity index (χ1v) is 7.99. The Kier molecular flexibility index (Phi) is 4.58. The highest BCUT2D eigenvalue weighted by molar-refractivity contribution is 14.1. The van der Waals surface area contributed by atoms with Gasteiger partial charge in [-0.3, -0.25) is 0 Å². The van der Waals surface area contributed by atoms with E-state index in [1.165, 1.54) is 4.88 Å². The Morgan fingerprint density at radius 2 is 1.94 bits per heavy atom. The smallest absolute Gasteiger partial charge is 0.0931 e. The fraction of sp³-hybridized carbons (Fsp3) is 0.0909. The maximum absolute atomic E-state index is 6.10. The predicted molar refractivity (Wildman–Crippen MR) is 84.3 cm³/mol. The molecule has 0 spiro atoms. The maximum atomic E-state index is 6.10. The van der Waals surface area contributed by atoms with E-state index in [2.05, 4.69) is 44.6 Å². The lowest BCUT2D eigenvalue weighted by atomic mass is 10.1. The maximum Gasteiger partial charge on any atom is 0.0931 e. The summed E-state index contributed by atoms with van der Waals surface area (Å²) in [5, 5.41) is 0.783. The number of thiophene rings is 1. The van der Waals surface area contributed by atoms with Crippen molar-refractivity contribution in [2.45, 2.75) is 4.83 Å². The van der Waals surface area contributed by atoms with Crippen molar-refractivity contribution < 1.29 is 0 Å². The van der Waals surface area contributed by atoms with Crippen LogP contribution in [0, 0.1) is 3.57 Å². The van der Waals surface area contributed by atoms with E-state index >= 15 is 0 Å². The Morgan fingerprint density at radius 3 is 2.50 bits per heavy atom. The summed E-state index contributed by atoms with van der Waals surface area (Å²) >= 11 is 19.5. The van der Waals surface area contributed by atoms with E-state index in [1.54, 1.807) is 11.3 Å². The predicted octanol–water partition coefficient (Wildman–Crippen LogP) is 6.14. The molecule has 0 radical (unpaired) electrons. The summed E-state index contributed by atoms with van der Waals surface area (Å²) in [6.07, 6.45) is 0. The van der Waals surface area contributed by atoms with Crippen LogP contribution in [0.5, 0.6) is 0 Å². The molecule has 0 aliphatic rings. The third kappa shape index (κ3) is 2.93. The fourth-order valence-electron chi connectivity index (χ4n) is 1.30. The second-order valence-electron chi connectivity index (χ2n) is 3.18. The van der Waals surface area contributed by atoms with Gasteiger partial charge in [0.15, 0.2) is 0 Å². The highest BCUT2D eigenvalue weighted by atomic mass is 127. The van der Waals surface area contributed by atoms with Gasteiger partial charge in [0.05, 0.1) is 14.2 Å². The highest BCUT2D eigenvalue weighted by Crippen LogP contribution is 2.38. The molecule has 2 rings (SSSR count). The molecular weight excluding hydrogens is 442 g/mol. The van der Waals surface area contributed by atoms with Crippen molar-refractivity contribution in [1.82, 2.24) is 0 Å². The highest BCUT2D eigenvalue weighted by Gasteiger charge is 2.13. The van der Waals surface area contributed by atoms with Crippen LogP contribution in [0.3, 0.4) is 0 Å². The first-order chi connectivity index (χ1) is 7.58. The molecule has 0 saturated heterocycles. The minimum absolute atomic E-state index is 0.152. The van der Waals surface area contributed by atoms with Crippen LogP contribution in [0.25, 0.3) is 0 Å². The van der Waals surface area contributed by atoms with Crippen LogP contribution in [0.4, 0.5) is 0 Å². The molecule has 1 aromatic heterocycles. The first-order valence-electron chi connectivity index (χ1n) is 4.42. The van der Waals surface area contributed by atoms with Crippen molar-refractivity contribution in [3.63, 3.8) is 0 Å². The average molecular weight is 448 g/mol. The molecule has 1 heterocycles. The molecular formula is C11H6BrCl2IS. The van der Waals surface area contributed by atoms with Gasteiger partial charge in [0.2, 0.25) is 0 Å². The topological polar surface area (TPSA) is 0 Å². The summed E-state index contributed by atoms with van der Waals surface area (Å²) in [6, 6.07) is 10.0. The van der Waals surface area contributed by atoms with Gasteiger partial charge in [-0.05, 0) is 52.4 Å². The van der Waals surface area contributed by atoms with Gasteiger partial charge in [-0.25, -0.2) is 0 Å². The second-order valence-corrected chi connectivity index (χ2v) is 7.41. The quantitative estimate of drug-likeness (QED) is 0.383. The monoisotopic (exact) mass is 446 g/mol. The van der Waals surface area contributed by atoms with Crippen molar-refractivity contribution in [2.75, 3.05) is 0 Å². The van der Waals surface area contributed by atoms with Gasteiger partial charge in [-0.1, -0.05) is 45.2 Å². The lowest BCUT2D eigenvalue weighted by Crippen LogP contribution is -1.90. The Labute approximate surface area is 130 Å². The first kappa shape index (κ1) is 13.1.